The highest BCUT2D eigenvalue weighted by atomic mass is 16.4. The minimum Gasteiger partial charge on any atom is -0.477 e. The zero-order chi connectivity index (χ0) is 13.5. The largest absolute Gasteiger partial charge is 0.477 e. The maximum atomic E-state index is 11.9. The number of aromatic nitrogens is 1. The second kappa shape index (κ2) is 3.98. The van der Waals surface area contributed by atoms with Crippen molar-refractivity contribution in [2.24, 2.45) is 0 Å². The molecule has 1 aromatic carbocycles. The topological polar surface area (TPSA) is 70.2 Å². The van der Waals surface area contributed by atoms with Gasteiger partial charge in [-0.05, 0) is 28.5 Å². The van der Waals surface area contributed by atoms with Gasteiger partial charge in [0.25, 0.3) is 5.56 Å². The standard InChI is InChI=1S/C14H15NO3/c1-14(2,3)9-5-4-8-6-11(13(17)18)15-12(16)10(8)7-9/h4-7H,1-3H3,(H,15,16)(H,17,18). The van der Waals surface area contributed by atoms with Gasteiger partial charge in [0.1, 0.15) is 5.69 Å². The molecule has 1 aromatic heterocycles. The van der Waals surface area contributed by atoms with Gasteiger partial charge in [0, 0.05) is 5.39 Å². The molecule has 2 aromatic rings. The molecule has 0 saturated heterocycles. The van der Waals surface area contributed by atoms with Crippen molar-refractivity contribution < 1.29 is 9.90 Å². The van der Waals surface area contributed by atoms with Crippen molar-refractivity contribution in [2.45, 2.75) is 26.2 Å². The van der Waals surface area contributed by atoms with Gasteiger partial charge < -0.3 is 10.1 Å². The number of carboxylic acids is 1. The molecule has 0 aliphatic heterocycles. The number of rotatable bonds is 1. The van der Waals surface area contributed by atoms with E-state index in [9.17, 15) is 9.59 Å². The highest BCUT2D eigenvalue weighted by molar-refractivity contribution is 5.92. The highest BCUT2D eigenvalue weighted by Gasteiger charge is 2.15. The van der Waals surface area contributed by atoms with E-state index in [0.29, 0.717) is 10.8 Å². The number of benzene rings is 1. The van der Waals surface area contributed by atoms with Crippen LogP contribution in [0.25, 0.3) is 10.8 Å². The number of pyridine rings is 1. The van der Waals surface area contributed by atoms with Gasteiger partial charge in [-0.15, -0.1) is 0 Å². The lowest BCUT2D eigenvalue weighted by Gasteiger charge is -2.19. The molecule has 0 amide bonds. The second-order valence-electron chi connectivity index (χ2n) is 5.37. The van der Waals surface area contributed by atoms with Gasteiger partial charge in [-0.3, -0.25) is 4.79 Å². The van der Waals surface area contributed by atoms with Crippen LogP contribution in [0.2, 0.25) is 0 Å². The fourth-order valence-electron chi connectivity index (χ4n) is 1.84. The predicted molar refractivity (Wildman–Crippen MR) is 70.2 cm³/mol. The summed E-state index contributed by atoms with van der Waals surface area (Å²) in [5.41, 5.74) is 0.544. The van der Waals surface area contributed by atoms with Gasteiger partial charge in [0.15, 0.2) is 0 Å². The van der Waals surface area contributed by atoms with Crippen LogP contribution in [0.1, 0.15) is 36.8 Å². The Labute approximate surface area is 104 Å². The van der Waals surface area contributed by atoms with Crippen LogP contribution in [0.3, 0.4) is 0 Å². The Kier molecular flexibility index (Phi) is 2.73. The van der Waals surface area contributed by atoms with Crippen molar-refractivity contribution in [3.8, 4) is 0 Å². The van der Waals surface area contributed by atoms with E-state index in [4.69, 9.17) is 5.11 Å². The summed E-state index contributed by atoms with van der Waals surface area (Å²) < 4.78 is 0. The summed E-state index contributed by atoms with van der Waals surface area (Å²) in [6, 6.07) is 7.01. The average molecular weight is 245 g/mol. The Morgan fingerprint density at radius 1 is 1.22 bits per heavy atom. The van der Waals surface area contributed by atoms with Gasteiger partial charge in [-0.25, -0.2) is 4.79 Å². The Hall–Kier alpha value is -2.10. The third-order valence-corrected chi connectivity index (χ3v) is 2.94. The summed E-state index contributed by atoms with van der Waals surface area (Å²) in [7, 11) is 0. The molecular formula is C14H15NO3. The number of H-pyrrole nitrogens is 1. The lowest BCUT2D eigenvalue weighted by atomic mass is 9.86. The third-order valence-electron chi connectivity index (χ3n) is 2.94. The van der Waals surface area contributed by atoms with E-state index in [1.165, 1.54) is 6.07 Å². The molecule has 1 heterocycles. The first kappa shape index (κ1) is 12.4. The van der Waals surface area contributed by atoms with Gasteiger partial charge in [0.2, 0.25) is 0 Å². The van der Waals surface area contributed by atoms with Crippen molar-refractivity contribution >= 4 is 16.7 Å². The lowest BCUT2D eigenvalue weighted by molar-refractivity contribution is 0.0690. The van der Waals surface area contributed by atoms with Crippen molar-refractivity contribution in [2.75, 3.05) is 0 Å². The molecule has 0 saturated carbocycles. The SMILES string of the molecule is CC(C)(C)c1ccc2cc(C(=O)O)[nH]c(=O)c2c1. The zero-order valence-electron chi connectivity index (χ0n) is 10.6. The number of fused-ring (bicyclic) bond motifs is 1. The molecule has 0 fully saturated rings. The number of hydrogen-bond acceptors (Lipinski definition) is 2. The van der Waals surface area contributed by atoms with E-state index in [0.717, 1.165) is 5.56 Å². The van der Waals surface area contributed by atoms with Crippen molar-refractivity contribution in [1.82, 2.24) is 4.98 Å². The van der Waals surface area contributed by atoms with Crippen LogP contribution in [-0.2, 0) is 5.41 Å². The number of carboxylic acid groups (broad SMARTS) is 1. The molecule has 0 radical (unpaired) electrons. The zero-order valence-corrected chi connectivity index (χ0v) is 10.6. The Balaban J connectivity index is 2.74. The molecule has 18 heavy (non-hydrogen) atoms. The van der Waals surface area contributed by atoms with Gasteiger partial charge in [-0.1, -0.05) is 32.9 Å². The molecule has 0 unspecified atom stereocenters. The first-order valence-corrected chi connectivity index (χ1v) is 5.70. The average Bonchev–Trinajstić information content (AvgIpc) is 2.27. The van der Waals surface area contributed by atoms with Gasteiger partial charge >= 0.3 is 5.97 Å². The molecule has 0 aliphatic carbocycles. The number of aromatic carboxylic acids is 1. The van der Waals surface area contributed by atoms with Crippen LogP contribution < -0.4 is 5.56 Å². The quantitative estimate of drug-likeness (QED) is 0.811. The first-order chi connectivity index (χ1) is 8.29. The van der Waals surface area contributed by atoms with E-state index in [1.54, 1.807) is 6.07 Å². The summed E-state index contributed by atoms with van der Waals surface area (Å²) >= 11 is 0. The molecule has 94 valence electrons. The van der Waals surface area contributed by atoms with Crippen LogP contribution in [0.15, 0.2) is 29.1 Å². The van der Waals surface area contributed by atoms with E-state index < -0.39 is 5.97 Å². The van der Waals surface area contributed by atoms with Crippen LogP contribution in [0, 0.1) is 0 Å². The maximum absolute atomic E-state index is 11.9. The molecule has 4 heteroatoms. The third kappa shape index (κ3) is 2.14. The molecular weight excluding hydrogens is 230 g/mol. The van der Waals surface area contributed by atoms with Gasteiger partial charge in [0.05, 0.1) is 0 Å². The van der Waals surface area contributed by atoms with Crippen molar-refractivity contribution in [1.29, 1.82) is 0 Å². The number of hydrogen-bond donors (Lipinski definition) is 2. The minimum absolute atomic E-state index is 0.0495. The maximum Gasteiger partial charge on any atom is 0.352 e. The molecule has 2 N–H and O–H groups in total. The Bertz CT molecular complexity index is 677. The van der Waals surface area contributed by atoms with E-state index in [2.05, 4.69) is 25.8 Å². The summed E-state index contributed by atoms with van der Waals surface area (Å²) in [5.74, 6) is -1.13. The van der Waals surface area contributed by atoms with Crippen LogP contribution >= 0.6 is 0 Å². The smallest absolute Gasteiger partial charge is 0.352 e. The fraction of sp³-hybridized carbons (Fsp3) is 0.286. The second-order valence-corrected chi connectivity index (χ2v) is 5.37. The molecule has 0 atom stereocenters. The Morgan fingerprint density at radius 3 is 2.44 bits per heavy atom. The number of nitrogens with one attached hydrogen (secondary N) is 1. The lowest BCUT2D eigenvalue weighted by Crippen LogP contribution is -2.15. The number of aromatic amines is 1. The van der Waals surface area contributed by atoms with Crippen molar-refractivity contribution in [3.05, 3.63) is 45.9 Å². The van der Waals surface area contributed by atoms with Crippen LogP contribution in [0.4, 0.5) is 0 Å². The summed E-state index contributed by atoms with van der Waals surface area (Å²) in [6.07, 6.45) is 0. The van der Waals surface area contributed by atoms with E-state index in [1.807, 2.05) is 12.1 Å². The molecule has 2 rings (SSSR count). The minimum atomic E-state index is -1.13. The van der Waals surface area contributed by atoms with E-state index in [-0.39, 0.29) is 16.7 Å². The van der Waals surface area contributed by atoms with Crippen LogP contribution in [-0.4, -0.2) is 16.1 Å². The van der Waals surface area contributed by atoms with Crippen molar-refractivity contribution in [3.63, 3.8) is 0 Å². The normalized spacial score (nSPS) is 11.7. The fourth-order valence-corrected chi connectivity index (χ4v) is 1.84. The van der Waals surface area contributed by atoms with Crippen LogP contribution in [0.5, 0.6) is 0 Å². The van der Waals surface area contributed by atoms with E-state index >= 15 is 0 Å². The Morgan fingerprint density at radius 2 is 1.89 bits per heavy atom. The van der Waals surface area contributed by atoms with Gasteiger partial charge in [-0.2, -0.15) is 0 Å². The highest BCUT2D eigenvalue weighted by Crippen LogP contribution is 2.24. The molecule has 0 aliphatic rings. The first-order valence-electron chi connectivity index (χ1n) is 5.70. The molecule has 0 spiro atoms. The molecule has 4 nitrogen and oxygen atoms in total. The summed E-state index contributed by atoms with van der Waals surface area (Å²) in [4.78, 5) is 25.1. The monoisotopic (exact) mass is 245 g/mol. The summed E-state index contributed by atoms with van der Waals surface area (Å²) in [6.45, 7) is 6.19. The predicted octanol–water partition coefficient (Wildman–Crippen LogP) is 2.52. The molecule has 0 bridgehead atoms. The number of carbonyl (C=O) groups is 1. The summed E-state index contributed by atoms with van der Waals surface area (Å²) in [5, 5.41) is 10.0.